The molecule has 0 fully saturated rings. The Morgan fingerprint density at radius 1 is 1.21 bits per heavy atom. The van der Waals surface area contributed by atoms with Crippen molar-refractivity contribution >= 4 is 11.8 Å². The Bertz CT molecular complexity index is 598. The van der Waals surface area contributed by atoms with Gasteiger partial charge < -0.3 is 10.8 Å². The number of aromatic nitrogens is 2. The summed E-state index contributed by atoms with van der Waals surface area (Å²) in [6.45, 7) is 3.64. The highest BCUT2D eigenvalue weighted by atomic mass is 16.4. The average Bonchev–Trinajstić information content (AvgIpc) is 2.30. The standard InChI is InChI=1S/C14H15N3O2/c1-8-3-5-10(6-4-8)7-11-16-9(2)12(14(18)19)13(15)17-11/h3-6H,7H2,1-2H3,(H,18,19)(H2,15,16,17). The molecule has 19 heavy (non-hydrogen) atoms. The minimum Gasteiger partial charge on any atom is -0.477 e. The van der Waals surface area contributed by atoms with Gasteiger partial charge in [0.25, 0.3) is 0 Å². The zero-order valence-corrected chi connectivity index (χ0v) is 10.8. The van der Waals surface area contributed by atoms with Crippen LogP contribution >= 0.6 is 0 Å². The number of aromatic carboxylic acids is 1. The number of benzene rings is 1. The van der Waals surface area contributed by atoms with Gasteiger partial charge in [0, 0.05) is 6.42 Å². The van der Waals surface area contributed by atoms with Crippen LogP contribution in [0.25, 0.3) is 0 Å². The molecule has 1 heterocycles. The fraction of sp³-hybridized carbons (Fsp3) is 0.214. The van der Waals surface area contributed by atoms with Gasteiger partial charge in [-0.25, -0.2) is 14.8 Å². The summed E-state index contributed by atoms with van der Waals surface area (Å²) in [5.74, 6) is -0.553. The van der Waals surface area contributed by atoms with Crippen LogP contribution in [0.4, 0.5) is 5.82 Å². The molecule has 0 aliphatic heterocycles. The SMILES string of the molecule is Cc1ccc(Cc2nc(C)c(C(=O)O)c(N)n2)cc1. The van der Waals surface area contributed by atoms with Crippen molar-refractivity contribution in [3.63, 3.8) is 0 Å². The number of aryl methyl sites for hydroxylation is 2. The van der Waals surface area contributed by atoms with Gasteiger partial charge in [0.1, 0.15) is 17.2 Å². The number of anilines is 1. The van der Waals surface area contributed by atoms with E-state index in [1.807, 2.05) is 31.2 Å². The van der Waals surface area contributed by atoms with E-state index in [0.717, 1.165) is 5.56 Å². The second-order valence-corrected chi connectivity index (χ2v) is 4.45. The van der Waals surface area contributed by atoms with Crippen molar-refractivity contribution < 1.29 is 9.90 Å². The largest absolute Gasteiger partial charge is 0.477 e. The number of nitrogens with zero attached hydrogens (tertiary/aromatic N) is 2. The van der Waals surface area contributed by atoms with Crippen LogP contribution in [0, 0.1) is 13.8 Å². The average molecular weight is 257 g/mol. The van der Waals surface area contributed by atoms with Crippen LogP contribution in [0.5, 0.6) is 0 Å². The van der Waals surface area contributed by atoms with Gasteiger partial charge in [-0.05, 0) is 19.4 Å². The predicted molar refractivity (Wildman–Crippen MR) is 72.1 cm³/mol. The first-order valence-electron chi connectivity index (χ1n) is 5.89. The van der Waals surface area contributed by atoms with Gasteiger partial charge in [0.15, 0.2) is 0 Å². The van der Waals surface area contributed by atoms with Crippen molar-refractivity contribution in [1.82, 2.24) is 9.97 Å². The monoisotopic (exact) mass is 257 g/mol. The molecule has 3 N–H and O–H groups in total. The first kappa shape index (κ1) is 13.0. The van der Waals surface area contributed by atoms with Crippen molar-refractivity contribution in [3.8, 4) is 0 Å². The smallest absolute Gasteiger partial charge is 0.341 e. The van der Waals surface area contributed by atoms with Crippen LogP contribution in [-0.2, 0) is 6.42 Å². The molecule has 5 heteroatoms. The number of hydrogen-bond donors (Lipinski definition) is 2. The van der Waals surface area contributed by atoms with Gasteiger partial charge in [-0.3, -0.25) is 0 Å². The summed E-state index contributed by atoms with van der Waals surface area (Å²) in [6.07, 6.45) is 0.533. The van der Waals surface area contributed by atoms with Crippen LogP contribution in [0.1, 0.15) is 33.0 Å². The lowest BCUT2D eigenvalue weighted by molar-refractivity contribution is 0.0696. The molecule has 0 spiro atoms. The Morgan fingerprint density at radius 2 is 1.84 bits per heavy atom. The quantitative estimate of drug-likeness (QED) is 0.877. The summed E-state index contributed by atoms with van der Waals surface area (Å²) >= 11 is 0. The van der Waals surface area contributed by atoms with Gasteiger partial charge in [0.05, 0.1) is 5.69 Å². The lowest BCUT2D eigenvalue weighted by Gasteiger charge is -2.07. The topological polar surface area (TPSA) is 89.1 Å². The number of carboxylic acid groups (broad SMARTS) is 1. The molecule has 0 atom stereocenters. The second-order valence-electron chi connectivity index (χ2n) is 4.45. The summed E-state index contributed by atoms with van der Waals surface area (Å²) in [5.41, 5.74) is 8.28. The first-order valence-corrected chi connectivity index (χ1v) is 5.89. The highest BCUT2D eigenvalue weighted by Gasteiger charge is 2.15. The Balaban J connectivity index is 2.32. The van der Waals surface area contributed by atoms with E-state index in [4.69, 9.17) is 10.8 Å². The Labute approximate surface area is 111 Å². The number of rotatable bonds is 3. The summed E-state index contributed by atoms with van der Waals surface area (Å²) < 4.78 is 0. The number of nitrogen functional groups attached to an aromatic ring is 1. The highest BCUT2D eigenvalue weighted by Crippen LogP contribution is 2.15. The van der Waals surface area contributed by atoms with Gasteiger partial charge in [-0.2, -0.15) is 0 Å². The third kappa shape index (κ3) is 2.88. The fourth-order valence-corrected chi connectivity index (χ4v) is 1.89. The molecule has 0 aliphatic carbocycles. The van der Waals surface area contributed by atoms with Gasteiger partial charge in [0.2, 0.25) is 0 Å². The number of carbonyl (C=O) groups is 1. The molecular weight excluding hydrogens is 242 g/mol. The van der Waals surface area contributed by atoms with Crippen LogP contribution in [0.3, 0.4) is 0 Å². The highest BCUT2D eigenvalue weighted by molar-refractivity contribution is 5.93. The van der Waals surface area contributed by atoms with E-state index in [1.54, 1.807) is 6.92 Å². The van der Waals surface area contributed by atoms with E-state index in [2.05, 4.69) is 9.97 Å². The molecule has 1 aromatic carbocycles. The minimum atomic E-state index is -1.10. The fourth-order valence-electron chi connectivity index (χ4n) is 1.89. The maximum absolute atomic E-state index is 11.0. The molecular formula is C14H15N3O2. The van der Waals surface area contributed by atoms with E-state index in [-0.39, 0.29) is 11.4 Å². The molecule has 0 saturated heterocycles. The van der Waals surface area contributed by atoms with Crippen molar-refractivity contribution in [1.29, 1.82) is 0 Å². The van der Waals surface area contributed by atoms with Crippen LogP contribution < -0.4 is 5.73 Å². The zero-order chi connectivity index (χ0) is 14.0. The normalized spacial score (nSPS) is 10.4. The summed E-state index contributed by atoms with van der Waals surface area (Å²) in [6, 6.07) is 8.01. The van der Waals surface area contributed by atoms with Crippen molar-refractivity contribution in [3.05, 3.63) is 52.5 Å². The maximum Gasteiger partial charge on any atom is 0.341 e. The number of hydrogen-bond acceptors (Lipinski definition) is 4. The number of nitrogens with two attached hydrogens (primary N) is 1. The Hall–Kier alpha value is -2.43. The second kappa shape index (κ2) is 5.06. The molecule has 2 rings (SSSR count). The lowest BCUT2D eigenvalue weighted by atomic mass is 10.1. The van der Waals surface area contributed by atoms with Gasteiger partial charge in [-0.15, -0.1) is 0 Å². The van der Waals surface area contributed by atoms with E-state index < -0.39 is 5.97 Å². The predicted octanol–water partition coefficient (Wildman–Crippen LogP) is 1.96. The molecule has 98 valence electrons. The molecule has 0 saturated carbocycles. The van der Waals surface area contributed by atoms with Gasteiger partial charge in [-0.1, -0.05) is 29.8 Å². The zero-order valence-electron chi connectivity index (χ0n) is 10.8. The molecule has 0 unspecified atom stereocenters. The maximum atomic E-state index is 11.0. The molecule has 0 bridgehead atoms. The molecule has 1 aromatic heterocycles. The summed E-state index contributed by atoms with van der Waals surface area (Å²) in [7, 11) is 0. The van der Waals surface area contributed by atoms with E-state index in [1.165, 1.54) is 5.56 Å². The Morgan fingerprint density at radius 3 is 2.37 bits per heavy atom. The van der Waals surface area contributed by atoms with Crippen LogP contribution in [-0.4, -0.2) is 21.0 Å². The molecule has 0 aliphatic rings. The third-order valence-electron chi connectivity index (χ3n) is 2.86. The van der Waals surface area contributed by atoms with Crippen LogP contribution in [0.15, 0.2) is 24.3 Å². The third-order valence-corrected chi connectivity index (χ3v) is 2.86. The molecule has 0 radical (unpaired) electrons. The minimum absolute atomic E-state index is 0.0158. The van der Waals surface area contributed by atoms with Crippen molar-refractivity contribution in [2.24, 2.45) is 0 Å². The molecule has 5 nitrogen and oxygen atoms in total. The summed E-state index contributed by atoms with van der Waals surface area (Å²) in [5, 5.41) is 9.00. The molecule has 2 aromatic rings. The van der Waals surface area contributed by atoms with E-state index in [9.17, 15) is 4.79 Å². The lowest BCUT2D eigenvalue weighted by Crippen LogP contribution is -2.12. The van der Waals surface area contributed by atoms with Gasteiger partial charge >= 0.3 is 5.97 Å². The van der Waals surface area contributed by atoms with Crippen molar-refractivity contribution in [2.75, 3.05) is 5.73 Å². The Kier molecular flexibility index (Phi) is 3.46. The van der Waals surface area contributed by atoms with Crippen molar-refractivity contribution in [2.45, 2.75) is 20.3 Å². The first-order chi connectivity index (χ1) is 8.97. The van der Waals surface area contributed by atoms with E-state index in [0.29, 0.717) is 17.9 Å². The van der Waals surface area contributed by atoms with E-state index >= 15 is 0 Å². The van der Waals surface area contributed by atoms with Crippen LogP contribution in [0.2, 0.25) is 0 Å². The number of carboxylic acids is 1. The molecule has 0 amide bonds. The summed E-state index contributed by atoms with van der Waals surface area (Å²) in [4.78, 5) is 19.2.